The van der Waals surface area contributed by atoms with E-state index >= 15 is 0 Å². The maximum absolute atomic E-state index is 13.7. The molecule has 1 aliphatic carbocycles. The predicted molar refractivity (Wildman–Crippen MR) is 72.6 cm³/mol. The van der Waals surface area contributed by atoms with Crippen LogP contribution in [0.2, 0.25) is 0 Å². The lowest BCUT2D eigenvalue weighted by Gasteiger charge is -2.19. The number of aryl methyl sites for hydroxylation is 1. The Hall–Kier alpha value is -1.87. The molecule has 2 aromatic rings. The van der Waals surface area contributed by atoms with Crippen LogP contribution in [0.25, 0.3) is 0 Å². The number of halogens is 1. The zero-order chi connectivity index (χ0) is 13.4. The molecule has 2 unspecified atom stereocenters. The zero-order valence-corrected chi connectivity index (χ0v) is 10.8. The minimum atomic E-state index is -0.339. The van der Waals surface area contributed by atoms with E-state index in [1.54, 1.807) is 12.1 Å². The Labute approximate surface area is 112 Å². The fourth-order valence-electron chi connectivity index (χ4n) is 2.57. The second kappa shape index (κ2) is 4.67. The van der Waals surface area contributed by atoms with Crippen molar-refractivity contribution in [3.63, 3.8) is 0 Å². The summed E-state index contributed by atoms with van der Waals surface area (Å²) in [7, 11) is 0. The molecule has 3 rings (SSSR count). The minimum absolute atomic E-state index is 0.198. The van der Waals surface area contributed by atoms with Gasteiger partial charge in [0, 0.05) is 6.42 Å². The fourth-order valence-corrected chi connectivity index (χ4v) is 2.57. The highest BCUT2D eigenvalue weighted by Gasteiger charge is 2.31. The molecular formula is C16H16FNO. The van der Waals surface area contributed by atoms with Gasteiger partial charge in [-0.15, -0.1) is 0 Å². The number of benzene rings is 2. The van der Waals surface area contributed by atoms with Crippen LogP contribution in [0.3, 0.4) is 0 Å². The molecular weight excluding hydrogens is 241 g/mol. The SMILES string of the molecule is Cc1ccc(F)c(OC2Cc3ccccc3C2N)c1. The van der Waals surface area contributed by atoms with Crippen LogP contribution in [0.1, 0.15) is 22.7 Å². The molecule has 2 atom stereocenters. The molecule has 0 saturated carbocycles. The van der Waals surface area contributed by atoms with Crippen LogP contribution in [0.4, 0.5) is 4.39 Å². The van der Waals surface area contributed by atoms with Crippen LogP contribution in [0.5, 0.6) is 5.75 Å². The monoisotopic (exact) mass is 257 g/mol. The molecule has 2 aromatic carbocycles. The maximum Gasteiger partial charge on any atom is 0.165 e. The molecule has 0 amide bonds. The number of nitrogens with two attached hydrogens (primary N) is 1. The van der Waals surface area contributed by atoms with Gasteiger partial charge < -0.3 is 10.5 Å². The van der Waals surface area contributed by atoms with Gasteiger partial charge in [0.15, 0.2) is 11.6 Å². The van der Waals surface area contributed by atoms with Crippen molar-refractivity contribution < 1.29 is 9.13 Å². The summed E-state index contributed by atoms with van der Waals surface area (Å²) in [5.41, 5.74) is 9.44. The fraction of sp³-hybridized carbons (Fsp3) is 0.250. The highest BCUT2D eigenvalue weighted by atomic mass is 19.1. The van der Waals surface area contributed by atoms with Crippen LogP contribution in [-0.2, 0) is 6.42 Å². The van der Waals surface area contributed by atoms with Crippen molar-refractivity contribution >= 4 is 0 Å². The Balaban J connectivity index is 1.85. The summed E-state index contributed by atoms with van der Waals surface area (Å²) in [6.07, 6.45) is 0.527. The average molecular weight is 257 g/mol. The van der Waals surface area contributed by atoms with E-state index in [9.17, 15) is 4.39 Å². The minimum Gasteiger partial charge on any atom is -0.485 e. The second-order valence-electron chi connectivity index (χ2n) is 5.02. The first kappa shape index (κ1) is 12.2. The number of hydrogen-bond acceptors (Lipinski definition) is 2. The maximum atomic E-state index is 13.7. The van der Waals surface area contributed by atoms with Crippen molar-refractivity contribution in [2.24, 2.45) is 5.73 Å². The third kappa shape index (κ3) is 2.22. The van der Waals surface area contributed by atoms with Crippen molar-refractivity contribution in [2.45, 2.75) is 25.5 Å². The Morgan fingerprint density at radius 2 is 2.00 bits per heavy atom. The summed E-state index contributed by atoms with van der Waals surface area (Å²) in [5.74, 6) is -0.0537. The first-order valence-electron chi connectivity index (χ1n) is 6.41. The predicted octanol–water partition coefficient (Wildman–Crippen LogP) is 3.14. The van der Waals surface area contributed by atoms with Crippen molar-refractivity contribution in [3.8, 4) is 5.75 Å². The van der Waals surface area contributed by atoms with E-state index in [4.69, 9.17) is 10.5 Å². The van der Waals surface area contributed by atoms with Crippen molar-refractivity contribution in [1.82, 2.24) is 0 Å². The van der Waals surface area contributed by atoms with Gasteiger partial charge in [-0.1, -0.05) is 30.3 Å². The molecule has 1 aliphatic rings. The molecule has 0 saturated heterocycles. The van der Waals surface area contributed by atoms with E-state index in [2.05, 4.69) is 0 Å². The van der Waals surface area contributed by atoms with Crippen LogP contribution in [0, 0.1) is 12.7 Å². The van der Waals surface area contributed by atoms with E-state index in [0.29, 0.717) is 0 Å². The Kier molecular flexibility index (Phi) is 2.99. The summed E-state index contributed by atoms with van der Waals surface area (Å²) >= 11 is 0. The largest absolute Gasteiger partial charge is 0.485 e. The van der Waals surface area contributed by atoms with Gasteiger partial charge in [-0.05, 0) is 35.7 Å². The summed E-state index contributed by atoms with van der Waals surface area (Å²) in [6, 6.07) is 12.7. The van der Waals surface area contributed by atoms with Gasteiger partial charge in [-0.3, -0.25) is 0 Å². The van der Waals surface area contributed by atoms with E-state index in [1.807, 2.05) is 31.2 Å². The van der Waals surface area contributed by atoms with Gasteiger partial charge >= 0.3 is 0 Å². The van der Waals surface area contributed by atoms with Gasteiger partial charge in [-0.2, -0.15) is 0 Å². The first-order valence-corrected chi connectivity index (χ1v) is 6.41. The topological polar surface area (TPSA) is 35.2 Å². The molecule has 19 heavy (non-hydrogen) atoms. The number of fused-ring (bicyclic) bond motifs is 1. The van der Waals surface area contributed by atoms with Crippen molar-refractivity contribution in [1.29, 1.82) is 0 Å². The number of rotatable bonds is 2. The van der Waals surface area contributed by atoms with Crippen LogP contribution >= 0.6 is 0 Å². The van der Waals surface area contributed by atoms with E-state index < -0.39 is 0 Å². The highest BCUT2D eigenvalue weighted by Crippen LogP contribution is 2.33. The average Bonchev–Trinajstić information content (AvgIpc) is 2.72. The lowest BCUT2D eigenvalue weighted by atomic mass is 10.1. The lowest BCUT2D eigenvalue weighted by molar-refractivity contribution is 0.177. The first-order chi connectivity index (χ1) is 9.15. The third-order valence-corrected chi connectivity index (χ3v) is 3.60. The molecule has 0 heterocycles. The van der Waals surface area contributed by atoms with Crippen LogP contribution in [0.15, 0.2) is 42.5 Å². The van der Waals surface area contributed by atoms with E-state index in [1.165, 1.54) is 11.6 Å². The molecule has 3 heteroatoms. The highest BCUT2D eigenvalue weighted by molar-refractivity contribution is 5.37. The molecule has 0 spiro atoms. The molecule has 2 N–H and O–H groups in total. The molecule has 0 radical (unpaired) electrons. The summed E-state index contributed by atoms with van der Waals surface area (Å²) in [5, 5.41) is 0. The Morgan fingerprint density at radius 1 is 1.21 bits per heavy atom. The van der Waals surface area contributed by atoms with Gasteiger partial charge in [0.2, 0.25) is 0 Å². The van der Waals surface area contributed by atoms with Gasteiger partial charge in [0.25, 0.3) is 0 Å². The molecule has 2 nitrogen and oxygen atoms in total. The quantitative estimate of drug-likeness (QED) is 0.897. The lowest BCUT2D eigenvalue weighted by Crippen LogP contribution is -2.28. The number of hydrogen-bond donors (Lipinski definition) is 1. The van der Waals surface area contributed by atoms with Crippen molar-refractivity contribution in [2.75, 3.05) is 0 Å². The molecule has 98 valence electrons. The van der Waals surface area contributed by atoms with E-state index in [-0.39, 0.29) is 23.7 Å². The van der Waals surface area contributed by atoms with Crippen LogP contribution < -0.4 is 10.5 Å². The van der Waals surface area contributed by atoms with Crippen molar-refractivity contribution in [3.05, 3.63) is 65.0 Å². The summed E-state index contributed by atoms with van der Waals surface area (Å²) in [6.45, 7) is 1.91. The number of ether oxygens (including phenoxy) is 1. The smallest absolute Gasteiger partial charge is 0.165 e. The van der Waals surface area contributed by atoms with Crippen LogP contribution in [-0.4, -0.2) is 6.10 Å². The third-order valence-electron chi connectivity index (χ3n) is 3.60. The second-order valence-corrected chi connectivity index (χ2v) is 5.02. The normalized spacial score (nSPS) is 21.2. The van der Waals surface area contributed by atoms with Gasteiger partial charge in [-0.25, -0.2) is 4.39 Å². The standard InChI is InChI=1S/C16H16FNO/c1-10-6-7-13(17)14(8-10)19-15-9-11-4-2-3-5-12(11)16(15)18/h2-8,15-16H,9,18H2,1H3. The molecule has 0 fully saturated rings. The molecule has 0 bridgehead atoms. The van der Waals surface area contributed by atoms with Gasteiger partial charge in [0.05, 0.1) is 6.04 Å². The Morgan fingerprint density at radius 3 is 2.79 bits per heavy atom. The van der Waals surface area contributed by atoms with E-state index in [0.717, 1.165) is 17.5 Å². The summed E-state index contributed by atoms with van der Waals surface area (Å²) in [4.78, 5) is 0. The Bertz CT molecular complexity index is 611. The molecule has 0 aliphatic heterocycles. The zero-order valence-electron chi connectivity index (χ0n) is 10.8. The molecule has 0 aromatic heterocycles. The van der Waals surface area contributed by atoms with Gasteiger partial charge in [0.1, 0.15) is 6.10 Å². The summed E-state index contributed by atoms with van der Waals surface area (Å²) < 4.78 is 19.5.